The van der Waals surface area contributed by atoms with Crippen LogP contribution in [0.4, 0.5) is 5.69 Å². The van der Waals surface area contributed by atoms with Crippen LogP contribution in [0.2, 0.25) is 0 Å². The maximum atomic E-state index is 12.3. The van der Waals surface area contributed by atoms with Gasteiger partial charge in [0.25, 0.3) is 0 Å². The molecule has 0 aliphatic rings. The number of nitrogens with zero attached hydrogens (tertiary/aromatic N) is 1. The van der Waals surface area contributed by atoms with E-state index in [0.29, 0.717) is 6.54 Å². The molecule has 0 unspecified atom stereocenters. The van der Waals surface area contributed by atoms with E-state index in [1.807, 2.05) is 55.5 Å². The van der Waals surface area contributed by atoms with Crippen molar-refractivity contribution in [3.63, 3.8) is 0 Å². The van der Waals surface area contributed by atoms with Gasteiger partial charge in [-0.3, -0.25) is 14.5 Å². The first kappa shape index (κ1) is 20.1. The summed E-state index contributed by atoms with van der Waals surface area (Å²) in [6, 6.07) is 15.0. The molecule has 1 atom stereocenters. The van der Waals surface area contributed by atoms with Crippen LogP contribution in [-0.4, -0.2) is 36.3 Å². The zero-order valence-corrected chi connectivity index (χ0v) is 16.8. The third kappa shape index (κ3) is 5.97. The van der Waals surface area contributed by atoms with Gasteiger partial charge in [-0.25, -0.2) is 0 Å². The lowest BCUT2D eigenvalue weighted by Crippen LogP contribution is -2.45. The number of anilines is 1. The van der Waals surface area contributed by atoms with Crippen molar-refractivity contribution in [1.29, 1.82) is 0 Å². The number of hydrogen-bond donors (Lipinski definition) is 2. The van der Waals surface area contributed by atoms with E-state index in [4.69, 9.17) is 0 Å². The molecule has 2 amide bonds. The minimum absolute atomic E-state index is 0.107. The summed E-state index contributed by atoms with van der Waals surface area (Å²) in [7, 11) is 1.76. The first-order chi connectivity index (χ1) is 12.4. The molecule has 0 aromatic heterocycles. The van der Waals surface area contributed by atoms with Crippen LogP contribution in [0.3, 0.4) is 0 Å². The van der Waals surface area contributed by atoms with Gasteiger partial charge >= 0.3 is 0 Å². The molecule has 2 rings (SSSR count). The second-order valence-corrected chi connectivity index (χ2v) is 7.22. The molecule has 0 spiro atoms. The maximum Gasteiger partial charge on any atom is 0.238 e. The van der Waals surface area contributed by atoms with Crippen molar-refractivity contribution >= 4 is 33.4 Å². The monoisotopic (exact) mass is 417 g/mol. The van der Waals surface area contributed by atoms with Crippen molar-refractivity contribution in [3.05, 3.63) is 64.1 Å². The molecule has 0 saturated heterocycles. The molecule has 138 valence electrons. The molecule has 6 heteroatoms. The topological polar surface area (TPSA) is 61.4 Å². The molecule has 0 saturated carbocycles. The number of halogens is 1. The normalized spacial score (nSPS) is 11.9. The van der Waals surface area contributed by atoms with Gasteiger partial charge in [0.05, 0.1) is 12.6 Å². The van der Waals surface area contributed by atoms with Gasteiger partial charge in [0.15, 0.2) is 0 Å². The Labute approximate surface area is 162 Å². The van der Waals surface area contributed by atoms with E-state index in [9.17, 15) is 9.59 Å². The lowest BCUT2D eigenvalue weighted by Gasteiger charge is -2.23. The highest BCUT2D eigenvalue weighted by Crippen LogP contribution is 2.19. The molecule has 26 heavy (non-hydrogen) atoms. The zero-order chi connectivity index (χ0) is 19.1. The Morgan fingerprint density at radius 2 is 1.85 bits per heavy atom. The Morgan fingerprint density at radius 3 is 2.50 bits per heavy atom. The van der Waals surface area contributed by atoms with Crippen LogP contribution in [0.25, 0.3) is 0 Å². The zero-order valence-electron chi connectivity index (χ0n) is 15.3. The number of benzene rings is 2. The summed E-state index contributed by atoms with van der Waals surface area (Å²) in [4.78, 5) is 26.3. The maximum absolute atomic E-state index is 12.3. The van der Waals surface area contributed by atoms with Crippen molar-refractivity contribution in [3.8, 4) is 0 Å². The molecule has 0 aliphatic carbocycles. The number of carbonyl (C=O) groups excluding carboxylic acids is 2. The Balaban J connectivity index is 1.84. The average Bonchev–Trinajstić information content (AvgIpc) is 2.62. The lowest BCUT2D eigenvalue weighted by molar-refractivity contribution is -0.126. The van der Waals surface area contributed by atoms with Crippen LogP contribution in [0, 0.1) is 6.92 Å². The summed E-state index contributed by atoms with van der Waals surface area (Å²) in [6.07, 6.45) is 0. The van der Waals surface area contributed by atoms with Gasteiger partial charge in [0.1, 0.15) is 0 Å². The highest BCUT2D eigenvalue weighted by atomic mass is 79.9. The molecule has 0 heterocycles. The van der Waals surface area contributed by atoms with Gasteiger partial charge in [-0.2, -0.15) is 0 Å². The number of nitrogens with one attached hydrogen (secondary N) is 2. The first-order valence-electron chi connectivity index (χ1n) is 8.44. The van der Waals surface area contributed by atoms with Crippen molar-refractivity contribution in [2.45, 2.75) is 26.4 Å². The van der Waals surface area contributed by atoms with Gasteiger partial charge in [0, 0.05) is 16.7 Å². The fraction of sp³-hybridized carbons (Fsp3) is 0.300. The number of aryl methyl sites for hydroxylation is 1. The molecule has 0 bridgehead atoms. The van der Waals surface area contributed by atoms with Crippen LogP contribution < -0.4 is 10.6 Å². The molecule has 0 radical (unpaired) electrons. The van der Waals surface area contributed by atoms with Gasteiger partial charge in [-0.1, -0.05) is 46.3 Å². The van der Waals surface area contributed by atoms with Crippen LogP contribution in [0.5, 0.6) is 0 Å². The third-order valence-corrected chi connectivity index (χ3v) is 4.70. The van der Waals surface area contributed by atoms with E-state index in [1.165, 1.54) is 0 Å². The van der Waals surface area contributed by atoms with Crippen molar-refractivity contribution in [1.82, 2.24) is 10.2 Å². The molecule has 5 nitrogen and oxygen atoms in total. The van der Waals surface area contributed by atoms with E-state index in [-0.39, 0.29) is 18.4 Å². The number of likely N-dealkylation sites (N-methyl/N-ethyl adjacent to an activating group) is 1. The second kappa shape index (κ2) is 9.50. The van der Waals surface area contributed by atoms with Crippen LogP contribution >= 0.6 is 15.9 Å². The number of rotatable bonds is 7. The molecular weight excluding hydrogens is 394 g/mol. The summed E-state index contributed by atoms with van der Waals surface area (Å²) in [6.45, 7) is 4.33. The summed E-state index contributed by atoms with van der Waals surface area (Å²) in [5.74, 6) is -0.260. The molecule has 2 aromatic rings. The Kier molecular flexibility index (Phi) is 7.36. The summed E-state index contributed by atoms with van der Waals surface area (Å²) in [5, 5.41) is 5.79. The molecule has 0 aliphatic heterocycles. The van der Waals surface area contributed by atoms with Crippen molar-refractivity contribution in [2.24, 2.45) is 0 Å². The fourth-order valence-electron chi connectivity index (χ4n) is 2.45. The first-order valence-corrected chi connectivity index (χ1v) is 9.24. The largest absolute Gasteiger partial charge is 0.351 e. The standard InChI is InChI=1S/C20H24BrN3O2/c1-14-11-17(21)9-10-18(14)23-19(25)13-24(3)15(2)20(26)22-12-16-7-5-4-6-8-16/h4-11,15H,12-13H2,1-3H3,(H,22,26)(H,23,25)/t15-/m0/s1. The van der Waals surface area contributed by atoms with E-state index in [1.54, 1.807) is 18.9 Å². The van der Waals surface area contributed by atoms with E-state index in [0.717, 1.165) is 21.3 Å². The van der Waals surface area contributed by atoms with Gasteiger partial charge in [-0.05, 0) is 50.2 Å². The van der Waals surface area contributed by atoms with Crippen LogP contribution in [0.15, 0.2) is 53.0 Å². The van der Waals surface area contributed by atoms with Gasteiger partial charge in [-0.15, -0.1) is 0 Å². The highest BCUT2D eigenvalue weighted by molar-refractivity contribution is 9.10. The summed E-state index contributed by atoms with van der Waals surface area (Å²) < 4.78 is 0.967. The third-order valence-electron chi connectivity index (χ3n) is 4.21. The summed E-state index contributed by atoms with van der Waals surface area (Å²) in [5.41, 5.74) is 2.79. The van der Waals surface area contributed by atoms with Crippen molar-refractivity contribution in [2.75, 3.05) is 18.9 Å². The van der Waals surface area contributed by atoms with Crippen molar-refractivity contribution < 1.29 is 9.59 Å². The Hall–Kier alpha value is -2.18. The second-order valence-electron chi connectivity index (χ2n) is 6.30. The lowest BCUT2D eigenvalue weighted by atomic mass is 10.2. The SMILES string of the molecule is Cc1cc(Br)ccc1NC(=O)CN(C)[C@@H](C)C(=O)NCc1ccccc1. The number of amides is 2. The minimum Gasteiger partial charge on any atom is -0.351 e. The minimum atomic E-state index is -0.407. The fourth-order valence-corrected chi connectivity index (χ4v) is 2.93. The Morgan fingerprint density at radius 1 is 1.15 bits per heavy atom. The van der Waals surface area contributed by atoms with E-state index >= 15 is 0 Å². The quantitative estimate of drug-likeness (QED) is 0.725. The van der Waals surface area contributed by atoms with Gasteiger partial charge < -0.3 is 10.6 Å². The molecule has 2 aromatic carbocycles. The number of carbonyl (C=O) groups is 2. The average molecular weight is 418 g/mol. The molecular formula is C20H24BrN3O2. The van der Waals surface area contributed by atoms with Crippen LogP contribution in [-0.2, 0) is 16.1 Å². The smallest absolute Gasteiger partial charge is 0.238 e. The summed E-state index contributed by atoms with van der Waals surface area (Å²) >= 11 is 3.40. The van der Waals surface area contributed by atoms with Crippen LogP contribution in [0.1, 0.15) is 18.1 Å². The number of hydrogen-bond acceptors (Lipinski definition) is 3. The van der Waals surface area contributed by atoms with Gasteiger partial charge in [0.2, 0.25) is 11.8 Å². The Bertz CT molecular complexity index is 765. The predicted molar refractivity (Wildman–Crippen MR) is 108 cm³/mol. The van der Waals surface area contributed by atoms with E-state index in [2.05, 4.69) is 26.6 Å². The van der Waals surface area contributed by atoms with E-state index < -0.39 is 6.04 Å². The molecule has 2 N–H and O–H groups in total. The highest BCUT2D eigenvalue weighted by Gasteiger charge is 2.20. The predicted octanol–water partition coefficient (Wildman–Crippen LogP) is 3.33. The molecule has 0 fully saturated rings.